The molecule has 0 saturated carbocycles. The molecule has 3 aromatic heterocycles. The molecule has 59 heavy (non-hydrogen) atoms. The number of hydrogen-bond donors (Lipinski definition) is 2. The van der Waals surface area contributed by atoms with E-state index in [1.807, 2.05) is 61.6 Å². The minimum absolute atomic E-state index is 0.0990. The molecular weight excluding hydrogens is 725 g/mol. The molecule has 0 fully saturated rings. The first kappa shape index (κ1) is 38.5. The molecule has 4 aromatic carbocycles. The third-order valence-electron chi connectivity index (χ3n) is 10.3. The second kappa shape index (κ2) is 17.0. The van der Waals surface area contributed by atoms with E-state index in [4.69, 9.17) is 29.9 Å². The lowest BCUT2D eigenvalue weighted by Gasteiger charge is -2.05. The number of benzene rings is 4. The van der Waals surface area contributed by atoms with Gasteiger partial charge in [-0.2, -0.15) is 0 Å². The first-order chi connectivity index (χ1) is 28.9. The molecule has 7 aromatic rings. The summed E-state index contributed by atoms with van der Waals surface area (Å²) in [4.78, 5) is 38.9. The first-order valence-corrected chi connectivity index (χ1v) is 20.0. The van der Waals surface area contributed by atoms with Crippen molar-refractivity contribution in [1.82, 2.24) is 39.9 Å². The van der Waals surface area contributed by atoms with E-state index in [9.17, 15) is 0 Å². The summed E-state index contributed by atoms with van der Waals surface area (Å²) in [7, 11) is 0. The summed E-state index contributed by atoms with van der Waals surface area (Å²) in [5.74, 6) is 2.13. The molecule has 0 amide bonds. The fraction of sp³-hybridized carbons (Fsp3) is 0.137. The van der Waals surface area contributed by atoms with E-state index in [0.29, 0.717) is 58.7 Å². The zero-order valence-corrected chi connectivity index (χ0v) is 33.7. The molecule has 8 heteroatoms. The Labute approximate surface area is 343 Å². The lowest BCUT2D eigenvalue weighted by Crippen LogP contribution is -2.01. The van der Waals surface area contributed by atoms with Crippen LogP contribution in [0.5, 0.6) is 0 Å². The lowest BCUT2D eigenvalue weighted by molar-refractivity contribution is 0.827. The predicted octanol–water partition coefficient (Wildman–Crippen LogP) is 12.6. The molecule has 0 spiro atoms. The van der Waals surface area contributed by atoms with Gasteiger partial charge in [0.2, 0.25) is 0 Å². The van der Waals surface area contributed by atoms with Crippen molar-refractivity contribution in [3.8, 4) is 0 Å². The van der Waals surface area contributed by atoms with Crippen LogP contribution in [0, 0.1) is 5.92 Å². The quantitative estimate of drug-likeness (QED) is 0.106. The Morgan fingerprint density at radius 1 is 0.610 bits per heavy atom. The molecule has 0 radical (unpaired) electrons. The normalized spacial score (nSPS) is 15.1. The van der Waals surface area contributed by atoms with E-state index in [2.05, 4.69) is 116 Å². The Balaban J connectivity index is 1.60. The highest BCUT2D eigenvalue weighted by atomic mass is 15.1. The van der Waals surface area contributed by atoms with E-state index >= 15 is 0 Å². The van der Waals surface area contributed by atoms with E-state index < -0.39 is 0 Å². The van der Waals surface area contributed by atoms with E-state index in [1.54, 1.807) is 12.2 Å². The summed E-state index contributed by atoms with van der Waals surface area (Å²) >= 11 is 0. The highest BCUT2D eigenvalue weighted by molar-refractivity contribution is 6.13. The third-order valence-corrected chi connectivity index (χ3v) is 10.3. The molecule has 2 atom stereocenters. The average Bonchev–Trinajstić information content (AvgIpc) is 3.86. The fourth-order valence-corrected chi connectivity index (χ4v) is 7.47. The molecule has 0 aliphatic carbocycles. The smallest absolute Gasteiger partial charge is 0.164 e. The molecule has 2 unspecified atom stereocenters. The standard InChI is InChI=1S/C51H46N8/c1-7-11-14-26-44-52-45(33(6)20-12-8-2)54-49-42-30-36-23-17-18-24-37(36)31-43(42)51(59-49)58-48-39(27-32(5)19-10-4)38(25-13-9-3)46(55-48)56-50-41-29-35-22-16-15-21-34(35)28-40(41)47(53-44)57-50/h7-12,14-25,27-33H,1-3,13,26H2,4-6H3,(H2,52,53,54,55,56,57,58,59)/b14-11+,19-10-,20-12+,38-25+,39-27+. The van der Waals surface area contributed by atoms with Crippen LogP contribution in [0.15, 0.2) is 159 Å². The number of H-pyrrole nitrogens is 2. The van der Waals surface area contributed by atoms with Gasteiger partial charge in [0, 0.05) is 45.0 Å². The minimum atomic E-state index is -0.203. The van der Waals surface area contributed by atoms with Gasteiger partial charge in [-0.25, -0.2) is 29.9 Å². The number of nitrogens with one attached hydrogen (secondary N) is 2. The maximum absolute atomic E-state index is 5.35. The summed E-state index contributed by atoms with van der Waals surface area (Å²) in [5, 5.41) is 8.03. The molecule has 1 aliphatic rings. The van der Waals surface area contributed by atoms with Crippen molar-refractivity contribution in [2.45, 2.75) is 39.5 Å². The van der Waals surface area contributed by atoms with Crippen LogP contribution in [0.25, 0.3) is 76.8 Å². The number of nitrogens with zero attached hydrogens (tertiary/aromatic N) is 6. The van der Waals surface area contributed by atoms with Gasteiger partial charge in [0.25, 0.3) is 0 Å². The molecule has 2 N–H and O–H groups in total. The molecule has 290 valence electrons. The summed E-state index contributed by atoms with van der Waals surface area (Å²) in [6, 6.07) is 25.3. The van der Waals surface area contributed by atoms with Crippen LogP contribution in [-0.4, -0.2) is 39.9 Å². The van der Waals surface area contributed by atoms with Gasteiger partial charge in [-0.3, -0.25) is 0 Å². The van der Waals surface area contributed by atoms with Crippen LogP contribution in [0.4, 0.5) is 0 Å². The second-order valence-corrected chi connectivity index (χ2v) is 14.6. The number of allylic oxidation sites excluding steroid dienone is 13. The Bertz CT molecular complexity index is 3110. The molecule has 1 aliphatic heterocycles. The lowest BCUT2D eigenvalue weighted by atomic mass is 10.00. The molecule has 6 bridgehead atoms. The van der Waals surface area contributed by atoms with Crippen molar-refractivity contribution in [1.29, 1.82) is 0 Å². The van der Waals surface area contributed by atoms with Gasteiger partial charge in [-0.1, -0.05) is 142 Å². The molecule has 0 saturated heterocycles. The summed E-state index contributed by atoms with van der Waals surface area (Å²) in [6.07, 6.45) is 22.9. The Morgan fingerprint density at radius 3 is 1.66 bits per heavy atom. The predicted molar refractivity (Wildman–Crippen MR) is 248 cm³/mol. The van der Waals surface area contributed by atoms with Crippen LogP contribution in [0.2, 0.25) is 0 Å². The van der Waals surface area contributed by atoms with Gasteiger partial charge < -0.3 is 9.97 Å². The van der Waals surface area contributed by atoms with Crippen LogP contribution in [0.3, 0.4) is 0 Å². The largest absolute Gasteiger partial charge is 0.324 e. The van der Waals surface area contributed by atoms with Crippen molar-refractivity contribution in [2.75, 3.05) is 0 Å². The van der Waals surface area contributed by atoms with E-state index in [-0.39, 0.29) is 11.8 Å². The van der Waals surface area contributed by atoms with Crippen molar-refractivity contribution in [3.63, 3.8) is 0 Å². The molecule has 4 heterocycles. The summed E-state index contributed by atoms with van der Waals surface area (Å²) in [5.41, 5.74) is 4.32. The van der Waals surface area contributed by atoms with Crippen molar-refractivity contribution in [3.05, 3.63) is 183 Å². The van der Waals surface area contributed by atoms with Gasteiger partial charge in [0.05, 0.1) is 0 Å². The van der Waals surface area contributed by atoms with Gasteiger partial charge in [-0.15, -0.1) is 6.58 Å². The van der Waals surface area contributed by atoms with E-state index in [1.165, 1.54) is 0 Å². The maximum Gasteiger partial charge on any atom is 0.164 e. The van der Waals surface area contributed by atoms with Crippen molar-refractivity contribution >= 4 is 76.8 Å². The van der Waals surface area contributed by atoms with Gasteiger partial charge in [0.15, 0.2) is 11.6 Å². The Hall–Kier alpha value is -7.32. The second-order valence-electron chi connectivity index (χ2n) is 14.6. The van der Waals surface area contributed by atoms with Crippen molar-refractivity contribution < 1.29 is 0 Å². The first-order valence-electron chi connectivity index (χ1n) is 20.0. The molecule has 8 rings (SSSR count). The van der Waals surface area contributed by atoms with Crippen LogP contribution in [0.1, 0.15) is 56.4 Å². The summed E-state index contributed by atoms with van der Waals surface area (Å²) in [6.45, 7) is 18.1. The number of hydrogen-bond acceptors (Lipinski definition) is 6. The highest BCUT2D eigenvalue weighted by Crippen LogP contribution is 2.37. The van der Waals surface area contributed by atoms with Gasteiger partial charge in [-0.05, 0) is 65.1 Å². The monoisotopic (exact) mass is 770 g/mol. The minimum Gasteiger partial charge on any atom is -0.324 e. The van der Waals surface area contributed by atoms with Gasteiger partial charge >= 0.3 is 0 Å². The van der Waals surface area contributed by atoms with Crippen molar-refractivity contribution in [2.24, 2.45) is 5.92 Å². The number of fused-ring (bicyclic) bond motifs is 14. The topological polar surface area (TPSA) is 109 Å². The Kier molecular flexibility index (Phi) is 11.1. The van der Waals surface area contributed by atoms with Crippen LogP contribution < -0.4 is 0 Å². The average molecular weight is 771 g/mol. The molecule has 8 nitrogen and oxygen atoms in total. The summed E-state index contributed by atoms with van der Waals surface area (Å²) < 4.78 is 0. The van der Waals surface area contributed by atoms with Crippen LogP contribution >= 0.6 is 0 Å². The zero-order valence-electron chi connectivity index (χ0n) is 33.7. The van der Waals surface area contributed by atoms with Gasteiger partial charge in [0.1, 0.15) is 34.2 Å². The highest BCUT2D eigenvalue weighted by Gasteiger charge is 2.24. The SMILES string of the molecule is C=C/C=C/Cc1nc(C(C)/C=C/C=C)nc2[nH]c(nc3nc(nc4[nH]c(n1)c1cc5ccccc5cc41)C(=C/CC=C)/C3=C\C(C)/C=C\C)c1cc3ccccc3cc21. The third kappa shape index (κ3) is 7.98. The number of rotatable bonds is 10. The maximum atomic E-state index is 5.35. The van der Waals surface area contributed by atoms with Crippen LogP contribution in [-0.2, 0) is 6.42 Å². The number of aromatic amines is 2. The fourth-order valence-electron chi connectivity index (χ4n) is 7.47. The number of aromatic nitrogens is 8. The Morgan fingerprint density at radius 2 is 1.14 bits per heavy atom. The molecular formula is C51H46N8. The zero-order chi connectivity index (χ0) is 40.9. The van der Waals surface area contributed by atoms with E-state index in [0.717, 1.165) is 54.2 Å².